The highest BCUT2D eigenvalue weighted by Crippen LogP contribution is 2.27. The lowest BCUT2D eigenvalue weighted by molar-refractivity contribution is 0.310. The van der Waals surface area contributed by atoms with E-state index < -0.39 is 0 Å². The van der Waals surface area contributed by atoms with Gasteiger partial charge < -0.3 is 14.8 Å². The molecule has 0 unspecified atom stereocenters. The van der Waals surface area contributed by atoms with Gasteiger partial charge in [-0.1, -0.05) is 30.3 Å². The summed E-state index contributed by atoms with van der Waals surface area (Å²) < 4.78 is 10.9. The van der Waals surface area contributed by atoms with Gasteiger partial charge in [0.1, 0.15) is 0 Å². The molecule has 3 nitrogen and oxygen atoms in total. The summed E-state index contributed by atoms with van der Waals surface area (Å²) in [5.74, 6) is 1.59. The number of hydrogen-bond donors (Lipinski definition) is 1. The van der Waals surface area contributed by atoms with Gasteiger partial charge in [0.05, 0.1) is 13.7 Å². The summed E-state index contributed by atoms with van der Waals surface area (Å²) in [4.78, 5) is 0. The van der Waals surface area contributed by atoms with Crippen molar-refractivity contribution in [1.29, 1.82) is 0 Å². The maximum Gasteiger partial charge on any atom is 0.161 e. The van der Waals surface area contributed by atoms with Crippen LogP contribution in [-0.2, 0) is 13.0 Å². The lowest BCUT2D eigenvalue weighted by atomic mass is 10.1. The van der Waals surface area contributed by atoms with Gasteiger partial charge in [0.15, 0.2) is 11.5 Å². The first-order valence-corrected chi connectivity index (χ1v) is 7.79. The molecule has 0 aliphatic heterocycles. The van der Waals surface area contributed by atoms with E-state index in [0.717, 1.165) is 31.0 Å². The molecule has 0 atom stereocenters. The SMILES string of the molecule is CCOc1ccc(CNCCc2ccccc2C)cc1OC. The zero-order valence-electron chi connectivity index (χ0n) is 13.7. The molecule has 0 amide bonds. The van der Waals surface area contributed by atoms with E-state index in [2.05, 4.69) is 42.6 Å². The highest BCUT2D eigenvalue weighted by molar-refractivity contribution is 5.42. The molecule has 0 heterocycles. The predicted octanol–water partition coefficient (Wildman–Crippen LogP) is 3.73. The number of hydrogen-bond acceptors (Lipinski definition) is 3. The molecule has 118 valence electrons. The largest absolute Gasteiger partial charge is 0.493 e. The van der Waals surface area contributed by atoms with E-state index in [0.29, 0.717) is 6.61 Å². The third kappa shape index (κ3) is 4.50. The van der Waals surface area contributed by atoms with Crippen LogP contribution in [0.25, 0.3) is 0 Å². The van der Waals surface area contributed by atoms with Crippen molar-refractivity contribution in [3.8, 4) is 11.5 Å². The molecule has 0 aromatic heterocycles. The molecule has 0 radical (unpaired) electrons. The lowest BCUT2D eigenvalue weighted by Crippen LogP contribution is -2.17. The number of methoxy groups -OCH3 is 1. The minimum absolute atomic E-state index is 0.643. The van der Waals surface area contributed by atoms with Crippen LogP contribution in [-0.4, -0.2) is 20.3 Å². The summed E-state index contributed by atoms with van der Waals surface area (Å²) in [6.07, 6.45) is 1.04. The van der Waals surface area contributed by atoms with Gasteiger partial charge in [-0.25, -0.2) is 0 Å². The first-order valence-electron chi connectivity index (χ1n) is 7.79. The summed E-state index contributed by atoms with van der Waals surface area (Å²) in [6.45, 7) is 6.56. The Balaban J connectivity index is 1.85. The average molecular weight is 299 g/mol. The smallest absolute Gasteiger partial charge is 0.161 e. The molecule has 2 rings (SSSR count). The minimum Gasteiger partial charge on any atom is -0.493 e. The highest BCUT2D eigenvalue weighted by Gasteiger charge is 2.05. The van der Waals surface area contributed by atoms with Crippen molar-refractivity contribution in [2.24, 2.45) is 0 Å². The first-order chi connectivity index (χ1) is 10.7. The Morgan fingerprint density at radius 1 is 1.05 bits per heavy atom. The monoisotopic (exact) mass is 299 g/mol. The van der Waals surface area contributed by atoms with E-state index in [4.69, 9.17) is 9.47 Å². The Morgan fingerprint density at radius 3 is 2.59 bits per heavy atom. The van der Waals surface area contributed by atoms with Crippen LogP contribution in [0, 0.1) is 6.92 Å². The third-order valence-electron chi connectivity index (χ3n) is 3.69. The Morgan fingerprint density at radius 2 is 1.86 bits per heavy atom. The highest BCUT2D eigenvalue weighted by atomic mass is 16.5. The molecule has 0 saturated carbocycles. The Labute approximate surface area is 133 Å². The van der Waals surface area contributed by atoms with Crippen LogP contribution in [0.5, 0.6) is 11.5 Å². The second-order valence-electron chi connectivity index (χ2n) is 5.27. The van der Waals surface area contributed by atoms with Crippen LogP contribution in [0.2, 0.25) is 0 Å². The topological polar surface area (TPSA) is 30.5 Å². The van der Waals surface area contributed by atoms with E-state index in [9.17, 15) is 0 Å². The zero-order chi connectivity index (χ0) is 15.8. The van der Waals surface area contributed by atoms with E-state index in [1.54, 1.807) is 7.11 Å². The molecule has 2 aromatic carbocycles. The molecule has 2 aromatic rings. The average Bonchev–Trinajstić information content (AvgIpc) is 2.54. The van der Waals surface area contributed by atoms with Crippen LogP contribution in [0.4, 0.5) is 0 Å². The molecule has 0 aliphatic carbocycles. The van der Waals surface area contributed by atoms with Crippen LogP contribution < -0.4 is 14.8 Å². The van der Waals surface area contributed by atoms with E-state index >= 15 is 0 Å². The first kappa shape index (κ1) is 16.4. The zero-order valence-corrected chi connectivity index (χ0v) is 13.7. The van der Waals surface area contributed by atoms with E-state index in [1.807, 2.05) is 19.1 Å². The van der Waals surface area contributed by atoms with Crippen LogP contribution in [0.1, 0.15) is 23.6 Å². The summed E-state index contributed by atoms with van der Waals surface area (Å²) in [6, 6.07) is 14.6. The van der Waals surface area contributed by atoms with Crippen molar-refractivity contribution in [3.63, 3.8) is 0 Å². The minimum atomic E-state index is 0.643. The van der Waals surface area contributed by atoms with Crippen LogP contribution in [0.15, 0.2) is 42.5 Å². The van der Waals surface area contributed by atoms with Crippen LogP contribution >= 0.6 is 0 Å². The molecule has 22 heavy (non-hydrogen) atoms. The van der Waals surface area contributed by atoms with Crippen molar-refractivity contribution in [2.45, 2.75) is 26.8 Å². The summed E-state index contributed by atoms with van der Waals surface area (Å²) >= 11 is 0. The molecule has 1 N–H and O–H groups in total. The van der Waals surface area contributed by atoms with Gasteiger partial charge in [0.25, 0.3) is 0 Å². The van der Waals surface area contributed by atoms with Gasteiger partial charge in [0.2, 0.25) is 0 Å². The number of nitrogens with one attached hydrogen (secondary N) is 1. The van der Waals surface area contributed by atoms with Gasteiger partial charge in [0, 0.05) is 6.54 Å². The van der Waals surface area contributed by atoms with Crippen LogP contribution in [0.3, 0.4) is 0 Å². The molecule has 0 spiro atoms. The normalized spacial score (nSPS) is 10.5. The number of aryl methyl sites for hydroxylation is 1. The van der Waals surface area contributed by atoms with Crippen molar-refractivity contribution in [2.75, 3.05) is 20.3 Å². The van der Waals surface area contributed by atoms with Gasteiger partial charge >= 0.3 is 0 Å². The van der Waals surface area contributed by atoms with Gasteiger partial charge in [-0.15, -0.1) is 0 Å². The molecule has 3 heteroatoms. The molecular formula is C19H25NO2. The van der Waals surface area contributed by atoms with Crippen molar-refractivity contribution in [3.05, 3.63) is 59.2 Å². The lowest BCUT2D eigenvalue weighted by Gasteiger charge is -2.12. The maximum atomic E-state index is 5.53. The Kier molecular flexibility index (Phi) is 6.28. The van der Waals surface area contributed by atoms with Crippen molar-refractivity contribution >= 4 is 0 Å². The fourth-order valence-electron chi connectivity index (χ4n) is 2.44. The fourth-order valence-corrected chi connectivity index (χ4v) is 2.44. The van der Waals surface area contributed by atoms with Crippen molar-refractivity contribution in [1.82, 2.24) is 5.32 Å². The van der Waals surface area contributed by atoms with Gasteiger partial charge in [-0.3, -0.25) is 0 Å². The summed E-state index contributed by atoms with van der Waals surface area (Å²) in [5.41, 5.74) is 3.95. The molecule has 0 saturated heterocycles. The fraction of sp³-hybridized carbons (Fsp3) is 0.368. The van der Waals surface area contributed by atoms with Crippen molar-refractivity contribution < 1.29 is 9.47 Å². The molecule has 0 fully saturated rings. The number of ether oxygens (including phenoxy) is 2. The molecule has 0 aliphatic rings. The Bertz CT molecular complexity index is 596. The molecule has 0 bridgehead atoms. The summed E-state index contributed by atoms with van der Waals surface area (Å²) in [7, 11) is 1.67. The molecular weight excluding hydrogens is 274 g/mol. The van der Waals surface area contributed by atoms with Gasteiger partial charge in [-0.05, 0) is 55.6 Å². The van der Waals surface area contributed by atoms with E-state index in [1.165, 1.54) is 16.7 Å². The second kappa shape index (κ2) is 8.44. The van der Waals surface area contributed by atoms with Gasteiger partial charge in [-0.2, -0.15) is 0 Å². The summed E-state index contributed by atoms with van der Waals surface area (Å²) in [5, 5.41) is 3.48. The number of rotatable bonds is 8. The number of benzene rings is 2. The van der Waals surface area contributed by atoms with E-state index in [-0.39, 0.29) is 0 Å². The maximum absolute atomic E-state index is 5.53. The quantitative estimate of drug-likeness (QED) is 0.753. The predicted molar refractivity (Wildman–Crippen MR) is 90.8 cm³/mol. The Hall–Kier alpha value is -2.00. The second-order valence-corrected chi connectivity index (χ2v) is 5.27. The standard InChI is InChI=1S/C19H25NO2/c1-4-22-18-10-9-16(13-19(18)21-3)14-20-12-11-17-8-6-5-7-15(17)2/h5-10,13,20H,4,11-12,14H2,1-3H3. The third-order valence-corrected chi connectivity index (χ3v) is 3.69.